The second kappa shape index (κ2) is 3.37. The van der Waals surface area contributed by atoms with E-state index in [2.05, 4.69) is 18.4 Å². The summed E-state index contributed by atoms with van der Waals surface area (Å²) in [6.45, 7) is 2.19. The van der Waals surface area contributed by atoms with Gasteiger partial charge in [0.2, 0.25) is 0 Å². The van der Waals surface area contributed by atoms with Crippen molar-refractivity contribution in [2.45, 2.75) is 19.8 Å². The summed E-state index contributed by atoms with van der Waals surface area (Å²) in [7, 11) is 0. The lowest BCUT2D eigenvalue weighted by atomic mass is 10.1. The second-order valence-corrected chi connectivity index (χ2v) is 3.81. The minimum atomic E-state index is 0.593. The largest absolute Gasteiger partial charge is 0.0904 e. The van der Waals surface area contributed by atoms with Gasteiger partial charge in [0.15, 0.2) is 0 Å². The Morgan fingerprint density at radius 3 is 3.00 bits per heavy atom. The number of thioether (sulfide) groups is 1. The van der Waals surface area contributed by atoms with E-state index >= 15 is 0 Å². The predicted octanol–water partition coefficient (Wildman–Crippen LogP) is 2.99. The highest BCUT2D eigenvalue weighted by Gasteiger charge is 2.13. The molecular formula is C7H10S2. The number of hydrogen-bond donors (Lipinski definition) is 0. The van der Waals surface area contributed by atoms with Gasteiger partial charge < -0.3 is 0 Å². The molecular weight excluding hydrogens is 148 g/mol. The van der Waals surface area contributed by atoms with Gasteiger partial charge in [-0.2, -0.15) is 0 Å². The van der Waals surface area contributed by atoms with Crippen LogP contribution in [0.2, 0.25) is 0 Å². The second-order valence-electron chi connectivity index (χ2n) is 2.16. The van der Waals surface area contributed by atoms with Crippen LogP contribution in [-0.2, 0) is 0 Å². The molecule has 9 heavy (non-hydrogen) atoms. The summed E-state index contributed by atoms with van der Waals surface area (Å²) in [6.07, 6.45) is 4.66. The Bertz CT molecular complexity index is 138. The van der Waals surface area contributed by atoms with Crippen LogP contribution in [0.5, 0.6) is 0 Å². The summed E-state index contributed by atoms with van der Waals surface area (Å²) >= 11 is 6.80. The fraction of sp³-hybridized carbons (Fsp3) is 0.571. The Hall–Kier alpha value is 0.180. The molecule has 0 N–H and O–H groups in total. The van der Waals surface area contributed by atoms with Crippen LogP contribution in [0.1, 0.15) is 19.8 Å². The quantitative estimate of drug-likeness (QED) is 0.567. The lowest BCUT2D eigenvalue weighted by molar-refractivity contribution is 0.737. The van der Waals surface area contributed by atoms with Crippen molar-refractivity contribution in [3.63, 3.8) is 0 Å². The number of hydrogen-bond acceptors (Lipinski definition) is 2. The van der Waals surface area contributed by atoms with Gasteiger partial charge in [-0.1, -0.05) is 43.4 Å². The molecule has 0 spiro atoms. The lowest BCUT2D eigenvalue weighted by Gasteiger charge is -2.02. The Balaban J connectivity index is 2.40. The van der Waals surface area contributed by atoms with E-state index in [4.69, 9.17) is 12.2 Å². The molecule has 0 aromatic rings. The van der Waals surface area contributed by atoms with Crippen LogP contribution in [0.3, 0.4) is 0 Å². The number of thiocarbonyl (C=S) groups is 1. The normalized spacial score (nSPS) is 25.4. The Morgan fingerprint density at radius 1 is 1.78 bits per heavy atom. The van der Waals surface area contributed by atoms with Crippen LogP contribution in [0, 0.1) is 5.92 Å². The van der Waals surface area contributed by atoms with Crippen LogP contribution in [0.15, 0.2) is 11.5 Å². The van der Waals surface area contributed by atoms with Gasteiger partial charge in [0.05, 0.1) is 4.20 Å². The highest BCUT2D eigenvalue weighted by Crippen LogP contribution is 2.27. The third-order valence-electron chi connectivity index (χ3n) is 1.40. The molecule has 0 aromatic carbocycles. The number of rotatable bonds is 2. The zero-order valence-electron chi connectivity index (χ0n) is 5.46. The van der Waals surface area contributed by atoms with Gasteiger partial charge in [-0.15, -0.1) is 0 Å². The molecule has 1 atom stereocenters. The van der Waals surface area contributed by atoms with Gasteiger partial charge in [0.25, 0.3) is 0 Å². The molecule has 1 rings (SSSR count). The lowest BCUT2D eigenvalue weighted by Crippen LogP contribution is -1.99. The predicted molar refractivity (Wildman–Crippen MR) is 47.7 cm³/mol. The van der Waals surface area contributed by atoms with Crippen molar-refractivity contribution in [3.05, 3.63) is 11.5 Å². The van der Waals surface area contributed by atoms with E-state index in [0.29, 0.717) is 5.92 Å². The van der Waals surface area contributed by atoms with Crippen molar-refractivity contribution in [3.8, 4) is 0 Å². The molecule has 50 valence electrons. The van der Waals surface area contributed by atoms with Crippen LogP contribution < -0.4 is 0 Å². The van der Waals surface area contributed by atoms with Crippen molar-refractivity contribution < 1.29 is 0 Å². The smallest absolute Gasteiger partial charge is 0.0589 e. The zero-order chi connectivity index (χ0) is 6.69. The van der Waals surface area contributed by atoms with Gasteiger partial charge in [-0.05, 0) is 11.8 Å². The van der Waals surface area contributed by atoms with E-state index in [9.17, 15) is 0 Å². The standard InChI is InChI=1S/C7H10S2/c1-2-3-6-4-5-9-7(6)8/h4-6H,2-3H2,1H3. The maximum absolute atomic E-state index is 5.11. The first-order valence-electron chi connectivity index (χ1n) is 3.21. The van der Waals surface area contributed by atoms with E-state index in [1.54, 1.807) is 11.8 Å². The summed E-state index contributed by atoms with van der Waals surface area (Å²) < 4.78 is 1.15. The summed E-state index contributed by atoms with van der Waals surface area (Å²) in [6, 6.07) is 0. The molecule has 1 unspecified atom stereocenters. The minimum absolute atomic E-state index is 0.593. The molecule has 0 saturated carbocycles. The van der Waals surface area contributed by atoms with Crippen molar-refractivity contribution in [2.24, 2.45) is 5.92 Å². The van der Waals surface area contributed by atoms with Crippen molar-refractivity contribution in [1.82, 2.24) is 0 Å². The highest BCUT2D eigenvalue weighted by molar-refractivity contribution is 8.25. The SMILES string of the molecule is CCCC1C=CSC1=S. The molecule has 0 amide bonds. The zero-order valence-corrected chi connectivity index (χ0v) is 7.10. The molecule has 0 aromatic heterocycles. The summed E-state index contributed by atoms with van der Waals surface area (Å²) in [5, 5.41) is 2.10. The van der Waals surface area contributed by atoms with E-state index in [-0.39, 0.29) is 0 Å². The maximum atomic E-state index is 5.11. The average Bonchev–Trinajstić information content (AvgIpc) is 2.18. The average molecular weight is 158 g/mol. The van der Waals surface area contributed by atoms with Gasteiger partial charge in [0, 0.05) is 5.92 Å². The van der Waals surface area contributed by atoms with Crippen molar-refractivity contribution in [2.75, 3.05) is 0 Å². The molecule has 0 nitrogen and oxygen atoms in total. The molecule has 1 heterocycles. The first-order chi connectivity index (χ1) is 4.34. The maximum Gasteiger partial charge on any atom is 0.0589 e. The number of allylic oxidation sites excluding steroid dienone is 1. The van der Waals surface area contributed by atoms with E-state index in [0.717, 1.165) is 4.20 Å². The Labute approximate surface area is 65.7 Å². The Kier molecular flexibility index (Phi) is 2.73. The molecule has 0 saturated heterocycles. The molecule has 2 heteroatoms. The molecule has 0 bridgehead atoms. The van der Waals surface area contributed by atoms with Gasteiger partial charge >= 0.3 is 0 Å². The summed E-state index contributed by atoms with van der Waals surface area (Å²) in [4.78, 5) is 0. The van der Waals surface area contributed by atoms with E-state index < -0.39 is 0 Å². The van der Waals surface area contributed by atoms with Crippen molar-refractivity contribution >= 4 is 28.2 Å². The first kappa shape index (κ1) is 7.29. The fourth-order valence-corrected chi connectivity index (χ4v) is 2.03. The summed E-state index contributed by atoms with van der Waals surface area (Å²) in [5.74, 6) is 0.593. The van der Waals surface area contributed by atoms with Crippen LogP contribution in [0.25, 0.3) is 0 Å². The van der Waals surface area contributed by atoms with Crippen LogP contribution in [0.4, 0.5) is 0 Å². The Morgan fingerprint density at radius 2 is 2.56 bits per heavy atom. The monoisotopic (exact) mass is 158 g/mol. The molecule has 1 aliphatic rings. The third-order valence-corrected chi connectivity index (χ3v) is 2.82. The molecule has 0 radical (unpaired) electrons. The van der Waals surface area contributed by atoms with E-state index in [1.807, 2.05) is 0 Å². The third kappa shape index (κ3) is 1.80. The molecule has 0 aliphatic carbocycles. The van der Waals surface area contributed by atoms with Crippen molar-refractivity contribution in [1.29, 1.82) is 0 Å². The van der Waals surface area contributed by atoms with Gasteiger partial charge in [-0.3, -0.25) is 0 Å². The minimum Gasteiger partial charge on any atom is -0.0904 e. The van der Waals surface area contributed by atoms with Crippen LogP contribution in [-0.4, -0.2) is 4.20 Å². The molecule has 1 aliphatic heterocycles. The van der Waals surface area contributed by atoms with E-state index in [1.165, 1.54) is 12.8 Å². The highest BCUT2D eigenvalue weighted by atomic mass is 32.2. The molecule has 0 fully saturated rings. The fourth-order valence-electron chi connectivity index (χ4n) is 0.892. The van der Waals surface area contributed by atoms with Gasteiger partial charge in [-0.25, -0.2) is 0 Å². The first-order valence-corrected chi connectivity index (χ1v) is 4.50. The topological polar surface area (TPSA) is 0 Å². The van der Waals surface area contributed by atoms with Gasteiger partial charge in [0.1, 0.15) is 0 Å². The van der Waals surface area contributed by atoms with Crippen LogP contribution >= 0.6 is 24.0 Å². The summed E-state index contributed by atoms with van der Waals surface area (Å²) in [5.41, 5.74) is 0.